The monoisotopic (exact) mass is 314 g/mol. The summed E-state index contributed by atoms with van der Waals surface area (Å²) < 4.78 is 0.911. The summed E-state index contributed by atoms with van der Waals surface area (Å²) in [7, 11) is 0. The van der Waals surface area contributed by atoms with Gasteiger partial charge in [0.1, 0.15) is 0 Å². The molecule has 0 aliphatic carbocycles. The van der Waals surface area contributed by atoms with E-state index >= 15 is 0 Å². The molecular formula is C16H11BrO2. The quantitative estimate of drug-likeness (QED) is 0.629. The van der Waals surface area contributed by atoms with E-state index in [9.17, 15) is 9.59 Å². The molecule has 2 rings (SSSR count). The van der Waals surface area contributed by atoms with Crippen LogP contribution in [0.25, 0.3) is 0 Å². The molecule has 0 heterocycles. The maximum atomic E-state index is 11.8. The number of halogens is 1. The van der Waals surface area contributed by atoms with Crippen LogP contribution in [0.1, 0.15) is 20.7 Å². The number of allylic oxidation sites excluding steroid dienone is 2. The molecule has 19 heavy (non-hydrogen) atoms. The van der Waals surface area contributed by atoms with E-state index in [0.717, 1.165) is 4.47 Å². The van der Waals surface area contributed by atoms with E-state index in [1.807, 2.05) is 6.07 Å². The Morgan fingerprint density at radius 1 is 0.737 bits per heavy atom. The van der Waals surface area contributed by atoms with Crippen LogP contribution in [0, 0.1) is 0 Å². The molecule has 0 aliphatic rings. The van der Waals surface area contributed by atoms with E-state index in [4.69, 9.17) is 0 Å². The minimum absolute atomic E-state index is 0.175. The fraction of sp³-hybridized carbons (Fsp3) is 0. The average Bonchev–Trinajstić information content (AvgIpc) is 2.46. The smallest absolute Gasteiger partial charge is 0.185 e. The molecule has 0 spiro atoms. The van der Waals surface area contributed by atoms with Crippen molar-refractivity contribution in [3.63, 3.8) is 0 Å². The lowest BCUT2D eigenvalue weighted by Gasteiger charge is -1.96. The van der Waals surface area contributed by atoms with Crippen molar-refractivity contribution in [2.75, 3.05) is 0 Å². The van der Waals surface area contributed by atoms with Crippen molar-refractivity contribution in [1.29, 1.82) is 0 Å². The highest BCUT2D eigenvalue weighted by molar-refractivity contribution is 9.10. The highest BCUT2D eigenvalue weighted by Gasteiger charge is 2.04. The maximum absolute atomic E-state index is 11.8. The van der Waals surface area contributed by atoms with Crippen molar-refractivity contribution < 1.29 is 9.59 Å². The summed E-state index contributed by atoms with van der Waals surface area (Å²) in [6, 6.07) is 15.9. The van der Waals surface area contributed by atoms with Crippen LogP contribution in [0.2, 0.25) is 0 Å². The molecule has 0 saturated heterocycles. The normalized spacial score (nSPS) is 10.6. The van der Waals surface area contributed by atoms with Crippen molar-refractivity contribution >= 4 is 27.5 Å². The van der Waals surface area contributed by atoms with Crippen LogP contribution in [0.4, 0.5) is 0 Å². The molecule has 0 radical (unpaired) electrons. The molecule has 2 nitrogen and oxygen atoms in total. The van der Waals surface area contributed by atoms with Gasteiger partial charge in [-0.1, -0.05) is 46.3 Å². The van der Waals surface area contributed by atoms with Gasteiger partial charge in [-0.25, -0.2) is 0 Å². The molecule has 0 amide bonds. The Morgan fingerprint density at radius 3 is 1.74 bits per heavy atom. The van der Waals surface area contributed by atoms with Gasteiger partial charge in [-0.2, -0.15) is 0 Å². The molecule has 3 heteroatoms. The second kappa shape index (κ2) is 6.25. The van der Waals surface area contributed by atoms with E-state index in [-0.39, 0.29) is 11.6 Å². The van der Waals surface area contributed by atoms with Gasteiger partial charge in [-0.15, -0.1) is 0 Å². The van der Waals surface area contributed by atoms with Gasteiger partial charge in [-0.05, 0) is 36.4 Å². The van der Waals surface area contributed by atoms with Crippen LogP contribution in [-0.4, -0.2) is 11.6 Å². The van der Waals surface area contributed by atoms with Crippen molar-refractivity contribution in [3.05, 3.63) is 82.3 Å². The third kappa shape index (κ3) is 3.73. The van der Waals surface area contributed by atoms with Gasteiger partial charge < -0.3 is 0 Å². The molecular weight excluding hydrogens is 304 g/mol. The second-order valence-corrected chi connectivity index (χ2v) is 4.85. The zero-order chi connectivity index (χ0) is 13.7. The van der Waals surface area contributed by atoms with Gasteiger partial charge in [0.25, 0.3) is 0 Å². The largest absolute Gasteiger partial charge is 0.289 e. The van der Waals surface area contributed by atoms with Crippen LogP contribution in [0.5, 0.6) is 0 Å². The van der Waals surface area contributed by atoms with Crippen LogP contribution in [-0.2, 0) is 0 Å². The molecule has 0 saturated carbocycles. The Labute approximate surface area is 119 Å². The Balaban J connectivity index is 2.09. The first-order chi connectivity index (χ1) is 9.16. The predicted octanol–water partition coefficient (Wildman–Crippen LogP) is 4.07. The number of carbonyl (C=O) groups is 2. The van der Waals surface area contributed by atoms with Gasteiger partial charge in [0.15, 0.2) is 11.6 Å². The lowest BCUT2D eigenvalue weighted by atomic mass is 10.1. The van der Waals surface area contributed by atoms with Crippen LogP contribution >= 0.6 is 15.9 Å². The summed E-state index contributed by atoms with van der Waals surface area (Å²) >= 11 is 3.30. The SMILES string of the molecule is O=C(/C=C/C(=O)c1ccc(Br)cc1)c1ccccc1. The first-order valence-electron chi connectivity index (χ1n) is 5.74. The van der Waals surface area contributed by atoms with Gasteiger partial charge in [0.2, 0.25) is 0 Å². The number of rotatable bonds is 4. The van der Waals surface area contributed by atoms with Gasteiger partial charge >= 0.3 is 0 Å². The number of benzene rings is 2. The number of hydrogen-bond acceptors (Lipinski definition) is 2. The molecule has 2 aromatic rings. The molecule has 94 valence electrons. The Kier molecular flexibility index (Phi) is 4.42. The Morgan fingerprint density at radius 2 is 1.21 bits per heavy atom. The van der Waals surface area contributed by atoms with Crippen LogP contribution in [0.15, 0.2) is 71.2 Å². The van der Waals surface area contributed by atoms with Crippen molar-refractivity contribution in [2.45, 2.75) is 0 Å². The molecule has 0 aliphatic heterocycles. The van der Waals surface area contributed by atoms with Gasteiger partial charge in [0.05, 0.1) is 0 Å². The highest BCUT2D eigenvalue weighted by Crippen LogP contribution is 2.11. The Hall–Kier alpha value is -2.00. The van der Waals surface area contributed by atoms with E-state index in [1.54, 1.807) is 48.5 Å². The first kappa shape index (κ1) is 13.4. The third-order valence-corrected chi connectivity index (χ3v) is 3.10. The molecule has 0 bridgehead atoms. The second-order valence-electron chi connectivity index (χ2n) is 3.93. The molecule has 0 fully saturated rings. The summed E-state index contributed by atoms with van der Waals surface area (Å²) in [6.45, 7) is 0. The zero-order valence-electron chi connectivity index (χ0n) is 10.0. The first-order valence-corrected chi connectivity index (χ1v) is 6.53. The van der Waals surface area contributed by atoms with Gasteiger partial charge in [0, 0.05) is 15.6 Å². The van der Waals surface area contributed by atoms with Crippen LogP contribution in [0.3, 0.4) is 0 Å². The lowest BCUT2D eigenvalue weighted by Crippen LogP contribution is -1.98. The van der Waals surface area contributed by atoms with E-state index in [1.165, 1.54) is 12.2 Å². The van der Waals surface area contributed by atoms with E-state index < -0.39 is 0 Å². The Bertz CT molecular complexity index is 613. The average molecular weight is 315 g/mol. The maximum Gasteiger partial charge on any atom is 0.185 e. The summed E-state index contributed by atoms with van der Waals surface area (Å²) in [5.74, 6) is -0.358. The summed E-state index contributed by atoms with van der Waals surface area (Å²) in [5.41, 5.74) is 1.13. The number of ketones is 2. The summed E-state index contributed by atoms with van der Waals surface area (Å²) in [4.78, 5) is 23.6. The predicted molar refractivity (Wildman–Crippen MR) is 78.4 cm³/mol. The lowest BCUT2D eigenvalue weighted by molar-refractivity contribution is 0.102. The molecule has 0 aromatic heterocycles. The van der Waals surface area contributed by atoms with Gasteiger partial charge in [-0.3, -0.25) is 9.59 Å². The molecule has 0 unspecified atom stereocenters. The standard InChI is InChI=1S/C16H11BrO2/c17-14-8-6-13(7-9-14)16(19)11-10-15(18)12-4-2-1-3-5-12/h1-11H/b11-10+. The van der Waals surface area contributed by atoms with Crippen molar-refractivity contribution in [3.8, 4) is 0 Å². The summed E-state index contributed by atoms with van der Waals surface area (Å²) in [5, 5.41) is 0. The minimum atomic E-state index is -0.184. The zero-order valence-corrected chi connectivity index (χ0v) is 11.6. The third-order valence-electron chi connectivity index (χ3n) is 2.57. The van der Waals surface area contributed by atoms with Crippen molar-refractivity contribution in [1.82, 2.24) is 0 Å². The summed E-state index contributed by atoms with van der Waals surface area (Å²) in [6.07, 6.45) is 2.61. The topological polar surface area (TPSA) is 34.1 Å². The van der Waals surface area contributed by atoms with Crippen molar-refractivity contribution in [2.24, 2.45) is 0 Å². The van der Waals surface area contributed by atoms with E-state index in [2.05, 4.69) is 15.9 Å². The molecule has 0 N–H and O–H groups in total. The van der Waals surface area contributed by atoms with E-state index in [0.29, 0.717) is 11.1 Å². The number of carbonyl (C=O) groups excluding carboxylic acids is 2. The number of hydrogen-bond donors (Lipinski definition) is 0. The molecule has 2 aromatic carbocycles. The fourth-order valence-electron chi connectivity index (χ4n) is 1.56. The fourth-order valence-corrected chi connectivity index (χ4v) is 1.82. The van der Waals surface area contributed by atoms with Crippen LogP contribution < -0.4 is 0 Å². The highest BCUT2D eigenvalue weighted by atomic mass is 79.9. The minimum Gasteiger partial charge on any atom is -0.289 e. The molecule has 0 atom stereocenters.